The van der Waals surface area contributed by atoms with Crippen molar-refractivity contribution in [1.29, 1.82) is 0 Å². The van der Waals surface area contributed by atoms with Crippen LogP contribution in [0.1, 0.15) is 34.9 Å². The van der Waals surface area contributed by atoms with Crippen LogP contribution in [0.4, 0.5) is 5.13 Å². The van der Waals surface area contributed by atoms with Crippen LogP contribution in [0.2, 0.25) is 0 Å². The molecule has 1 atom stereocenters. The van der Waals surface area contributed by atoms with Crippen molar-refractivity contribution in [3.8, 4) is 0 Å². The zero-order valence-electron chi connectivity index (χ0n) is 10.8. The highest BCUT2D eigenvalue weighted by Gasteiger charge is 2.31. The molecule has 4 nitrogen and oxygen atoms in total. The number of carbonyl (C=O) groups excluding carboxylic acids is 1. The molecule has 1 unspecified atom stereocenters. The van der Waals surface area contributed by atoms with E-state index in [0.29, 0.717) is 10.8 Å². The molecular weight excluding hydrogens is 338 g/mol. The van der Waals surface area contributed by atoms with Crippen LogP contribution < -0.4 is 5.73 Å². The number of aromatic nitrogens is 1. The maximum absolute atomic E-state index is 12.5. The van der Waals surface area contributed by atoms with E-state index in [2.05, 4.69) is 33.0 Å². The summed E-state index contributed by atoms with van der Waals surface area (Å²) < 4.78 is 1.03. The average molecular weight is 352 g/mol. The van der Waals surface area contributed by atoms with Gasteiger partial charge >= 0.3 is 0 Å². The third-order valence-electron chi connectivity index (χ3n) is 3.49. The number of hydrogen-bond acceptors (Lipinski definition) is 4. The molecule has 1 aromatic carbocycles. The van der Waals surface area contributed by atoms with Gasteiger partial charge in [-0.3, -0.25) is 4.79 Å². The molecule has 0 bridgehead atoms. The number of nitrogens with two attached hydrogens (primary N) is 1. The van der Waals surface area contributed by atoms with E-state index >= 15 is 0 Å². The number of halogens is 1. The maximum Gasteiger partial charge on any atom is 0.273 e. The molecule has 1 aromatic heterocycles. The van der Waals surface area contributed by atoms with Gasteiger partial charge in [-0.2, -0.15) is 0 Å². The second-order valence-electron chi connectivity index (χ2n) is 4.78. The fourth-order valence-electron chi connectivity index (χ4n) is 2.60. The number of carbonyl (C=O) groups is 1. The van der Waals surface area contributed by atoms with Gasteiger partial charge in [0.25, 0.3) is 5.91 Å². The summed E-state index contributed by atoms with van der Waals surface area (Å²) in [5, 5.41) is 2.17. The molecule has 0 spiro atoms. The van der Waals surface area contributed by atoms with Crippen molar-refractivity contribution in [3.05, 3.63) is 45.4 Å². The van der Waals surface area contributed by atoms with E-state index in [4.69, 9.17) is 5.73 Å². The van der Waals surface area contributed by atoms with Gasteiger partial charge in [-0.25, -0.2) is 4.98 Å². The zero-order valence-corrected chi connectivity index (χ0v) is 13.2. The van der Waals surface area contributed by atoms with Gasteiger partial charge in [0.15, 0.2) is 5.13 Å². The minimum Gasteiger partial charge on any atom is -0.375 e. The van der Waals surface area contributed by atoms with Crippen molar-refractivity contribution in [3.63, 3.8) is 0 Å². The van der Waals surface area contributed by atoms with Gasteiger partial charge in [-0.1, -0.05) is 28.1 Å². The van der Waals surface area contributed by atoms with E-state index in [1.165, 1.54) is 11.3 Å². The molecule has 20 heavy (non-hydrogen) atoms. The number of benzene rings is 1. The second kappa shape index (κ2) is 5.54. The summed E-state index contributed by atoms with van der Waals surface area (Å²) in [4.78, 5) is 18.5. The molecule has 1 amide bonds. The first-order valence-corrected chi connectivity index (χ1v) is 8.10. The molecule has 1 saturated heterocycles. The van der Waals surface area contributed by atoms with E-state index in [0.717, 1.165) is 29.4 Å². The number of amides is 1. The quantitative estimate of drug-likeness (QED) is 0.900. The molecule has 0 radical (unpaired) electrons. The maximum atomic E-state index is 12.5. The highest BCUT2D eigenvalue weighted by molar-refractivity contribution is 9.10. The van der Waals surface area contributed by atoms with Crippen LogP contribution >= 0.6 is 27.3 Å². The van der Waals surface area contributed by atoms with Crippen molar-refractivity contribution in [2.45, 2.75) is 18.9 Å². The third kappa shape index (κ3) is 2.58. The number of hydrogen-bond donors (Lipinski definition) is 1. The van der Waals surface area contributed by atoms with E-state index in [9.17, 15) is 4.79 Å². The van der Waals surface area contributed by atoms with Gasteiger partial charge in [-0.15, -0.1) is 11.3 Å². The Morgan fingerprint density at radius 1 is 1.50 bits per heavy atom. The molecular formula is C14H14BrN3OS. The van der Waals surface area contributed by atoms with E-state index in [1.54, 1.807) is 5.38 Å². The van der Waals surface area contributed by atoms with Crippen molar-refractivity contribution in [2.75, 3.05) is 12.3 Å². The highest BCUT2D eigenvalue weighted by atomic mass is 79.9. The number of nitrogens with zero attached hydrogens (tertiary/aromatic N) is 2. The summed E-state index contributed by atoms with van der Waals surface area (Å²) in [6.07, 6.45) is 2.00. The third-order valence-corrected chi connectivity index (χ3v) is 4.66. The summed E-state index contributed by atoms with van der Waals surface area (Å²) in [7, 11) is 0. The minimum atomic E-state index is -0.0274. The Morgan fingerprint density at radius 3 is 3.05 bits per heavy atom. The molecule has 1 aliphatic rings. The van der Waals surface area contributed by atoms with Crippen LogP contribution in [0.15, 0.2) is 34.1 Å². The van der Waals surface area contributed by atoms with Crippen LogP contribution in [-0.2, 0) is 0 Å². The lowest BCUT2D eigenvalue weighted by molar-refractivity contribution is 0.0730. The van der Waals surface area contributed by atoms with Crippen molar-refractivity contribution >= 4 is 38.3 Å². The predicted molar refractivity (Wildman–Crippen MR) is 83.7 cm³/mol. The number of nitrogen functional groups attached to an aromatic ring is 1. The van der Waals surface area contributed by atoms with Crippen molar-refractivity contribution < 1.29 is 4.79 Å². The number of likely N-dealkylation sites (tertiary alicyclic amines) is 1. The van der Waals surface area contributed by atoms with Crippen LogP contribution in [0, 0.1) is 0 Å². The van der Waals surface area contributed by atoms with Crippen LogP contribution in [0.5, 0.6) is 0 Å². The monoisotopic (exact) mass is 351 g/mol. The second-order valence-corrected chi connectivity index (χ2v) is 6.59. The lowest BCUT2D eigenvalue weighted by Crippen LogP contribution is -2.30. The predicted octanol–water partition coefficient (Wildman–Crippen LogP) is 3.47. The van der Waals surface area contributed by atoms with Crippen LogP contribution in [-0.4, -0.2) is 22.3 Å². The topological polar surface area (TPSA) is 59.2 Å². The zero-order chi connectivity index (χ0) is 14.1. The Bertz CT molecular complexity index is 643. The Hall–Kier alpha value is -1.40. The molecule has 104 valence electrons. The highest BCUT2D eigenvalue weighted by Crippen LogP contribution is 2.34. The fraction of sp³-hybridized carbons (Fsp3) is 0.286. The van der Waals surface area contributed by atoms with E-state index in [1.807, 2.05) is 17.0 Å². The SMILES string of the molecule is Nc1nc(C(=O)N2CCCC2c2cccc(Br)c2)cs1. The van der Waals surface area contributed by atoms with Crippen molar-refractivity contribution in [1.82, 2.24) is 9.88 Å². The molecule has 0 saturated carbocycles. The first-order valence-electron chi connectivity index (χ1n) is 6.42. The Morgan fingerprint density at radius 2 is 2.35 bits per heavy atom. The molecule has 3 rings (SSSR count). The molecule has 2 heterocycles. The Balaban J connectivity index is 1.87. The number of rotatable bonds is 2. The minimum absolute atomic E-state index is 0.0274. The van der Waals surface area contributed by atoms with Gasteiger partial charge in [0, 0.05) is 16.4 Å². The Kier molecular flexibility index (Phi) is 3.76. The number of thiazole rings is 1. The fourth-order valence-corrected chi connectivity index (χ4v) is 3.56. The summed E-state index contributed by atoms with van der Waals surface area (Å²) in [5.41, 5.74) is 7.22. The van der Waals surface area contributed by atoms with Crippen LogP contribution in [0.3, 0.4) is 0 Å². The lowest BCUT2D eigenvalue weighted by atomic mass is 10.0. The average Bonchev–Trinajstić information content (AvgIpc) is 3.06. The van der Waals surface area contributed by atoms with Gasteiger partial charge in [-0.05, 0) is 30.5 Å². The van der Waals surface area contributed by atoms with Crippen molar-refractivity contribution in [2.24, 2.45) is 0 Å². The van der Waals surface area contributed by atoms with Gasteiger partial charge < -0.3 is 10.6 Å². The van der Waals surface area contributed by atoms with Crippen LogP contribution in [0.25, 0.3) is 0 Å². The molecule has 0 aliphatic carbocycles. The summed E-state index contributed by atoms with van der Waals surface area (Å²) in [5.74, 6) is -0.0274. The summed E-state index contributed by atoms with van der Waals surface area (Å²) in [6, 6.07) is 8.26. The molecule has 2 N–H and O–H groups in total. The number of anilines is 1. The van der Waals surface area contributed by atoms with Gasteiger partial charge in [0.2, 0.25) is 0 Å². The van der Waals surface area contributed by atoms with E-state index in [-0.39, 0.29) is 11.9 Å². The molecule has 1 fully saturated rings. The standard InChI is InChI=1S/C14H14BrN3OS/c15-10-4-1-3-9(7-10)12-5-2-6-18(12)13(19)11-8-20-14(16)17-11/h1,3-4,7-8,12H,2,5-6H2,(H2,16,17). The Labute approximate surface area is 129 Å². The molecule has 2 aromatic rings. The lowest BCUT2D eigenvalue weighted by Gasteiger charge is -2.24. The first kappa shape index (κ1) is 13.6. The smallest absolute Gasteiger partial charge is 0.273 e. The normalized spacial score (nSPS) is 18.4. The largest absolute Gasteiger partial charge is 0.375 e. The molecule has 6 heteroatoms. The van der Waals surface area contributed by atoms with Gasteiger partial charge in [0.05, 0.1) is 6.04 Å². The first-order chi connectivity index (χ1) is 9.65. The summed E-state index contributed by atoms with van der Waals surface area (Å²) in [6.45, 7) is 0.771. The van der Waals surface area contributed by atoms with E-state index < -0.39 is 0 Å². The summed E-state index contributed by atoms with van der Waals surface area (Å²) >= 11 is 4.79. The molecule has 1 aliphatic heterocycles. The van der Waals surface area contributed by atoms with Gasteiger partial charge in [0.1, 0.15) is 5.69 Å².